The van der Waals surface area contributed by atoms with Crippen molar-refractivity contribution in [2.45, 2.75) is 49.5 Å². The molecule has 4 rings (SSSR count). The average Bonchev–Trinajstić information content (AvgIpc) is 3.04. The Hall–Kier alpha value is -2.29. The second-order valence-corrected chi connectivity index (χ2v) is 7.95. The Balaban J connectivity index is 1.55. The molecule has 1 amide bonds. The lowest BCUT2D eigenvalue weighted by Crippen LogP contribution is -2.32. The first-order chi connectivity index (χ1) is 13.3. The molecule has 0 saturated carbocycles. The smallest absolute Gasteiger partial charge is 0.325 e. The molecular formula is C19H18F3N3O2S. The highest BCUT2D eigenvalue weighted by Crippen LogP contribution is 2.36. The van der Waals surface area contributed by atoms with E-state index in [9.17, 15) is 22.8 Å². The van der Waals surface area contributed by atoms with E-state index in [1.54, 1.807) is 4.57 Å². The molecule has 1 aliphatic heterocycles. The Labute approximate surface area is 163 Å². The second kappa shape index (κ2) is 7.27. The maximum absolute atomic E-state index is 13.1. The number of aryl methyl sites for hydroxylation is 1. The topological polar surface area (TPSA) is 64.0 Å². The summed E-state index contributed by atoms with van der Waals surface area (Å²) in [5, 5.41) is 2.95. The highest BCUT2D eigenvalue weighted by atomic mass is 32.2. The molecule has 1 aliphatic carbocycles. The van der Waals surface area contributed by atoms with Crippen LogP contribution < -0.4 is 10.9 Å². The van der Waals surface area contributed by atoms with Crippen molar-refractivity contribution in [3.63, 3.8) is 0 Å². The van der Waals surface area contributed by atoms with Gasteiger partial charge in [0.25, 0.3) is 5.56 Å². The van der Waals surface area contributed by atoms with Gasteiger partial charge in [-0.25, -0.2) is 4.98 Å². The summed E-state index contributed by atoms with van der Waals surface area (Å²) in [7, 11) is 0. The number of amides is 1. The number of halogens is 3. The molecule has 28 heavy (non-hydrogen) atoms. The van der Waals surface area contributed by atoms with E-state index >= 15 is 0 Å². The van der Waals surface area contributed by atoms with Crippen LogP contribution in [0.4, 0.5) is 18.9 Å². The normalized spacial score (nSPS) is 18.5. The minimum atomic E-state index is -4.56. The van der Waals surface area contributed by atoms with Crippen LogP contribution in [0, 0.1) is 0 Å². The summed E-state index contributed by atoms with van der Waals surface area (Å²) in [4.78, 5) is 29.9. The van der Waals surface area contributed by atoms with Crippen LogP contribution in [0.1, 0.15) is 42.1 Å². The SMILES string of the molecule is O=C(CC1CSc2nc3c(c(=O)n21)CCCC3)Nc1ccccc1C(F)(F)F. The number of anilines is 1. The van der Waals surface area contributed by atoms with Crippen LogP contribution in [0.25, 0.3) is 0 Å². The van der Waals surface area contributed by atoms with Gasteiger partial charge in [-0.2, -0.15) is 13.2 Å². The Morgan fingerprint density at radius 2 is 2.00 bits per heavy atom. The Kier molecular flexibility index (Phi) is 4.95. The fourth-order valence-corrected chi connectivity index (χ4v) is 4.87. The van der Waals surface area contributed by atoms with E-state index in [4.69, 9.17) is 0 Å². The molecule has 9 heteroatoms. The minimum absolute atomic E-state index is 0.0768. The van der Waals surface area contributed by atoms with Crippen molar-refractivity contribution in [1.82, 2.24) is 9.55 Å². The number of carbonyl (C=O) groups is 1. The zero-order valence-corrected chi connectivity index (χ0v) is 15.7. The third-order valence-corrected chi connectivity index (χ3v) is 6.15. The third kappa shape index (κ3) is 3.55. The number of hydrogen-bond donors (Lipinski definition) is 1. The fraction of sp³-hybridized carbons (Fsp3) is 0.421. The van der Waals surface area contributed by atoms with E-state index in [-0.39, 0.29) is 17.7 Å². The van der Waals surface area contributed by atoms with E-state index in [2.05, 4.69) is 10.3 Å². The number of thioether (sulfide) groups is 1. The highest BCUT2D eigenvalue weighted by Gasteiger charge is 2.34. The molecule has 1 aromatic carbocycles. The maximum atomic E-state index is 13.1. The number of hydrogen-bond acceptors (Lipinski definition) is 4. The molecule has 2 aliphatic rings. The molecule has 2 aromatic rings. The van der Waals surface area contributed by atoms with E-state index in [1.165, 1.54) is 30.0 Å². The number of nitrogens with one attached hydrogen (secondary N) is 1. The van der Waals surface area contributed by atoms with Gasteiger partial charge in [-0.05, 0) is 37.8 Å². The monoisotopic (exact) mass is 409 g/mol. The first-order valence-electron chi connectivity index (χ1n) is 9.08. The zero-order valence-electron chi connectivity index (χ0n) is 14.9. The first-order valence-corrected chi connectivity index (χ1v) is 10.1. The summed E-state index contributed by atoms with van der Waals surface area (Å²) in [6.45, 7) is 0. The lowest BCUT2D eigenvalue weighted by atomic mass is 9.97. The Morgan fingerprint density at radius 3 is 2.79 bits per heavy atom. The summed E-state index contributed by atoms with van der Waals surface area (Å²) in [6.07, 6.45) is -1.21. The van der Waals surface area contributed by atoms with E-state index < -0.39 is 23.7 Å². The molecule has 0 bridgehead atoms. The number of rotatable bonds is 3. The molecule has 5 nitrogen and oxygen atoms in total. The molecule has 0 saturated heterocycles. The van der Waals surface area contributed by atoms with Gasteiger partial charge in [-0.1, -0.05) is 23.9 Å². The third-order valence-electron chi connectivity index (χ3n) is 5.05. The van der Waals surface area contributed by atoms with E-state index in [1.807, 2.05) is 0 Å². The van der Waals surface area contributed by atoms with E-state index in [0.717, 1.165) is 31.0 Å². The van der Waals surface area contributed by atoms with Gasteiger partial charge in [0.2, 0.25) is 5.91 Å². The number of benzene rings is 1. The zero-order chi connectivity index (χ0) is 19.9. The van der Waals surface area contributed by atoms with Gasteiger partial charge in [0.15, 0.2) is 5.16 Å². The van der Waals surface area contributed by atoms with Crippen molar-refractivity contribution in [2.24, 2.45) is 0 Å². The molecule has 0 spiro atoms. The molecule has 148 valence electrons. The largest absolute Gasteiger partial charge is 0.418 e. The summed E-state index contributed by atoms with van der Waals surface area (Å²) in [6, 6.07) is 4.45. The summed E-state index contributed by atoms with van der Waals surface area (Å²) in [5.41, 5.74) is 0.280. The summed E-state index contributed by atoms with van der Waals surface area (Å²) in [5.74, 6) is -0.0563. The number of alkyl halides is 3. The van der Waals surface area contributed by atoms with Crippen LogP contribution in [0.5, 0.6) is 0 Å². The molecule has 0 fully saturated rings. The Bertz CT molecular complexity index is 987. The van der Waals surface area contributed by atoms with Crippen LogP contribution in [-0.2, 0) is 23.8 Å². The van der Waals surface area contributed by atoms with Crippen LogP contribution in [-0.4, -0.2) is 21.2 Å². The number of aromatic nitrogens is 2. The standard InChI is InChI=1S/C19H18F3N3O2S/c20-19(21,22)13-6-2-4-8-15(13)23-16(26)9-11-10-28-18-24-14-7-3-1-5-12(14)17(27)25(11)18/h2,4,6,8,11H,1,3,5,7,9-10H2,(H,23,26). The second-order valence-electron chi connectivity index (χ2n) is 6.96. The quantitative estimate of drug-likeness (QED) is 0.783. The molecule has 0 radical (unpaired) electrons. The van der Waals surface area contributed by atoms with Crippen molar-refractivity contribution in [2.75, 3.05) is 11.1 Å². The van der Waals surface area contributed by atoms with Gasteiger partial charge in [-0.3, -0.25) is 14.2 Å². The lowest BCUT2D eigenvalue weighted by Gasteiger charge is -2.19. The van der Waals surface area contributed by atoms with Crippen molar-refractivity contribution >= 4 is 23.4 Å². The van der Waals surface area contributed by atoms with E-state index in [0.29, 0.717) is 22.9 Å². The van der Waals surface area contributed by atoms with Gasteiger partial charge in [-0.15, -0.1) is 0 Å². The van der Waals surface area contributed by atoms with Crippen molar-refractivity contribution < 1.29 is 18.0 Å². The molecule has 1 aromatic heterocycles. The van der Waals surface area contributed by atoms with Crippen LogP contribution in [0.15, 0.2) is 34.2 Å². The highest BCUT2D eigenvalue weighted by molar-refractivity contribution is 7.99. The minimum Gasteiger partial charge on any atom is -0.325 e. The summed E-state index contributed by atoms with van der Waals surface area (Å²) >= 11 is 1.41. The van der Waals surface area contributed by atoms with Gasteiger partial charge in [0.1, 0.15) is 0 Å². The number of fused-ring (bicyclic) bond motifs is 2. The molecular weight excluding hydrogens is 391 g/mol. The number of carbonyl (C=O) groups excluding carboxylic acids is 1. The van der Waals surface area contributed by atoms with Gasteiger partial charge >= 0.3 is 6.18 Å². The van der Waals surface area contributed by atoms with Crippen molar-refractivity contribution in [1.29, 1.82) is 0 Å². The fourth-order valence-electron chi connectivity index (χ4n) is 3.72. The molecule has 1 unspecified atom stereocenters. The predicted octanol–water partition coefficient (Wildman–Crippen LogP) is 3.82. The van der Waals surface area contributed by atoms with Crippen LogP contribution >= 0.6 is 11.8 Å². The van der Waals surface area contributed by atoms with Crippen LogP contribution in [0.2, 0.25) is 0 Å². The maximum Gasteiger partial charge on any atom is 0.418 e. The van der Waals surface area contributed by atoms with Crippen molar-refractivity contribution in [3.8, 4) is 0 Å². The molecule has 2 heterocycles. The van der Waals surface area contributed by atoms with Gasteiger partial charge in [0.05, 0.1) is 23.0 Å². The number of para-hydroxylation sites is 1. The summed E-state index contributed by atoms with van der Waals surface area (Å²) < 4.78 is 40.9. The number of nitrogens with zero attached hydrogens (tertiary/aromatic N) is 2. The first kappa shape index (κ1) is 19.0. The van der Waals surface area contributed by atoms with Gasteiger partial charge in [0, 0.05) is 17.7 Å². The lowest BCUT2D eigenvalue weighted by molar-refractivity contribution is -0.137. The van der Waals surface area contributed by atoms with Crippen molar-refractivity contribution in [3.05, 3.63) is 51.4 Å². The predicted molar refractivity (Wildman–Crippen MR) is 99.6 cm³/mol. The molecule has 1 atom stereocenters. The van der Waals surface area contributed by atoms with Crippen LogP contribution in [0.3, 0.4) is 0 Å². The Morgan fingerprint density at radius 1 is 1.25 bits per heavy atom. The van der Waals surface area contributed by atoms with Gasteiger partial charge < -0.3 is 5.32 Å². The molecule has 1 N–H and O–H groups in total. The average molecular weight is 409 g/mol.